The van der Waals surface area contributed by atoms with Crippen molar-refractivity contribution in [2.45, 2.75) is 39.7 Å². The SMILES string of the molecule is CC(C)(C)C(=O)N1CCC(n2cc(Nc3ncc(F)c(-c4ccc(C(=O)O)cc4)n3)cn2)CC1. The van der Waals surface area contributed by atoms with Crippen molar-refractivity contribution in [3.05, 3.63) is 54.2 Å². The van der Waals surface area contributed by atoms with Gasteiger partial charge < -0.3 is 15.3 Å². The highest BCUT2D eigenvalue weighted by molar-refractivity contribution is 5.88. The van der Waals surface area contributed by atoms with Crippen LogP contribution >= 0.6 is 0 Å². The Hall–Kier alpha value is -3.82. The molecule has 1 saturated heterocycles. The van der Waals surface area contributed by atoms with E-state index in [9.17, 15) is 14.0 Å². The van der Waals surface area contributed by atoms with Crippen molar-refractivity contribution in [1.29, 1.82) is 0 Å². The molecule has 178 valence electrons. The first-order chi connectivity index (χ1) is 16.1. The Bertz CT molecular complexity index is 1190. The predicted octanol–water partition coefficient (Wildman–Crippen LogP) is 4.13. The van der Waals surface area contributed by atoms with Crippen LogP contribution in [0.1, 0.15) is 50.0 Å². The van der Waals surface area contributed by atoms with Crippen LogP contribution in [0.4, 0.5) is 16.0 Å². The molecule has 2 aromatic heterocycles. The number of carbonyl (C=O) groups is 2. The van der Waals surface area contributed by atoms with Gasteiger partial charge in [0.05, 0.1) is 29.7 Å². The van der Waals surface area contributed by atoms with E-state index in [4.69, 9.17) is 5.11 Å². The maximum absolute atomic E-state index is 14.3. The number of carbonyl (C=O) groups excluding carboxylic acids is 1. The summed E-state index contributed by atoms with van der Waals surface area (Å²) in [5.41, 5.74) is 0.893. The predicted molar refractivity (Wildman–Crippen MR) is 124 cm³/mol. The number of likely N-dealkylation sites (tertiary alicyclic amines) is 1. The Morgan fingerprint density at radius 3 is 2.41 bits per heavy atom. The lowest BCUT2D eigenvalue weighted by Gasteiger charge is -2.35. The minimum Gasteiger partial charge on any atom is -0.478 e. The van der Waals surface area contributed by atoms with Crippen LogP contribution in [0.2, 0.25) is 0 Å². The number of hydrogen-bond acceptors (Lipinski definition) is 6. The number of benzene rings is 1. The molecule has 1 aliphatic rings. The highest BCUT2D eigenvalue weighted by Crippen LogP contribution is 2.28. The Kier molecular flexibility index (Phi) is 6.32. The lowest BCUT2D eigenvalue weighted by atomic mass is 9.93. The number of nitrogens with one attached hydrogen (secondary N) is 1. The zero-order valence-electron chi connectivity index (χ0n) is 19.3. The maximum atomic E-state index is 14.3. The van der Waals surface area contributed by atoms with Crippen LogP contribution in [-0.2, 0) is 4.79 Å². The topological polar surface area (TPSA) is 113 Å². The standard InChI is InChI=1S/C24H27FN6O3/c1-24(2,3)22(34)30-10-8-18(9-11-30)31-14-17(12-27-31)28-23-26-13-19(25)20(29-23)15-4-6-16(7-5-15)21(32)33/h4-7,12-14,18H,8-11H2,1-3H3,(H,32,33)(H,26,28,29). The lowest BCUT2D eigenvalue weighted by molar-refractivity contribution is -0.140. The number of carboxylic acids is 1. The van der Waals surface area contributed by atoms with Crippen molar-refractivity contribution >= 4 is 23.5 Å². The molecular weight excluding hydrogens is 439 g/mol. The Labute approximate surface area is 196 Å². The van der Waals surface area contributed by atoms with Gasteiger partial charge in [-0.3, -0.25) is 9.48 Å². The van der Waals surface area contributed by atoms with Gasteiger partial charge in [0.25, 0.3) is 0 Å². The van der Waals surface area contributed by atoms with Crippen molar-refractivity contribution in [2.75, 3.05) is 18.4 Å². The quantitative estimate of drug-likeness (QED) is 0.581. The second-order valence-electron chi connectivity index (χ2n) is 9.38. The van der Waals surface area contributed by atoms with Gasteiger partial charge in [0.1, 0.15) is 5.69 Å². The molecule has 1 amide bonds. The van der Waals surface area contributed by atoms with Crippen LogP contribution in [0.25, 0.3) is 11.3 Å². The van der Waals surface area contributed by atoms with Gasteiger partial charge in [0, 0.05) is 30.3 Å². The first-order valence-electron chi connectivity index (χ1n) is 11.1. The molecule has 0 saturated carbocycles. The fourth-order valence-corrected chi connectivity index (χ4v) is 3.94. The summed E-state index contributed by atoms with van der Waals surface area (Å²) in [5, 5.41) is 16.5. The van der Waals surface area contributed by atoms with Crippen LogP contribution < -0.4 is 5.32 Å². The summed E-state index contributed by atoms with van der Waals surface area (Å²) >= 11 is 0. The second kappa shape index (κ2) is 9.20. The molecule has 10 heteroatoms. The number of hydrogen-bond donors (Lipinski definition) is 2. The monoisotopic (exact) mass is 466 g/mol. The van der Waals surface area contributed by atoms with E-state index in [1.807, 2.05) is 36.5 Å². The molecule has 0 unspecified atom stereocenters. The largest absolute Gasteiger partial charge is 0.478 e. The van der Waals surface area contributed by atoms with Gasteiger partial charge in [-0.15, -0.1) is 0 Å². The normalized spacial score (nSPS) is 14.8. The van der Waals surface area contributed by atoms with Crippen molar-refractivity contribution in [3.63, 3.8) is 0 Å². The number of anilines is 2. The summed E-state index contributed by atoms with van der Waals surface area (Å²) in [7, 11) is 0. The van der Waals surface area contributed by atoms with E-state index >= 15 is 0 Å². The van der Waals surface area contributed by atoms with Gasteiger partial charge in [-0.05, 0) is 25.0 Å². The highest BCUT2D eigenvalue weighted by atomic mass is 19.1. The number of aromatic nitrogens is 4. The van der Waals surface area contributed by atoms with Crippen molar-refractivity contribution in [3.8, 4) is 11.3 Å². The zero-order valence-corrected chi connectivity index (χ0v) is 19.3. The molecule has 0 atom stereocenters. The number of halogens is 1. The Morgan fingerprint density at radius 2 is 1.79 bits per heavy atom. The summed E-state index contributed by atoms with van der Waals surface area (Å²) in [6, 6.07) is 5.99. The van der Waals surface area contributed by atoms with E-state index in [-0.39, 0.29) is 34.6 Å². The molecule has 2 N–H and O–H groups in total. The fraction of sp³-hybridized carbons (Fsp3) is 0.375. The van der Waals surface area contributed by atoms with E-state index in [2.05, 4.69) is 20.4 Å². The molecule has 0 aliphatic carbocycles. The molecule has 3 heterocycles. The molecule has 0 radical (unpaired) electrons. The molecule has 34 heavy (non-hydrogen) atoms. The molecule has 1 aromatic carbocycles. The summed E-state index contributed by atoms with van der Waals surface area (Å²) in [5.74, 6) is -1.30. The van der Waals surface area contributed by atoms with Gasteiger partial charge in [-0.2, -0.15) is 5.10 Å². The fourth-order valence-electron chi connectivity index (χ4n) is 3.94. The van der Waals surface area contributed by atoms with Crippen LogP contribution in [0.5, 0.6) is 0 Å². The molecule has 4 rings (SSSR count). The highest BCUT2D eigenvalue weighted by Gasteiger charge is 2.31. The van der Waals surface area contributed by atoms with Crippen LogP contribution in [0.3, 0.4) is 0 Å². The van der Waals surface area contributed by atoms with E-state index in [0.717, 1.165) is 19.0 Å². The van der Waals surface area contributed by atoms with Crippen LogP contribution in [-0.4, -0.2) is 54.7 Å². The van der Waals surface area contributed by atoms with E-state index in [1.165, 1.54) is 24.3 Å². The molecule has 1 fully saturated rings. The van der Waals surface area contributed by atoms with E-state index in [1.54, 1.807) is 6.20 Å². The molecular formula is C24H27FN6O3. The third kappa shape index (κ3) is 5.05. The number of carboxylic acid groups (broad SMARTS) is 1. The van der Waals surface area contributed by atoms with Crippen molar-refractivity contribution < 1.29 is 19.1 Å². The molecule has 0 bridgehead atoms. The minimum absolute atomic E-state index is 0.0673. The number of rotatable bonds is 5. The zero-order chi connectivity index (χ0) is 24.5. The summed E-state index contributed by atoms with van der Waals surface area (Å²) in [6.07, 6.45) is 6.20. The van der Waals surface area contributed by atoms with Gasteiger partial charge >= 0.3 is 5.97 Å². The maximum Gasteiger partial charge on any atom is 0.335 e. The Morgan fingerprint density at radius 1 is 1.12 bits per heavy atom. The average Bonchev–Trinajstić information content (AvgIpc) is 3.28. The summed E-state index contributed by atoms with van der Waals surface area (Å²) in [4.78, 5) is 33.7. The second-order valence-corrected chi connectivity index (χ2v) is 9.38. The third-order valence-corrected chi connectivity index (χ3v) is 5.77. The van der Waals surface area contributed by atoms with Crippen LogP contribution in [0.15, 0.2) is 42.9 Å². The van der Waals surface area contributed by atoms with Crippen molar-refractivity contribution in [1.82, 2.24) is 24.6 Å². The lowest BCUT2D eigenvalue weighted by Crippen LogP contribution is -2.44. The average molecular weight is 467 g/mol. The third-order valence-electron chi connectivity index (χ3n) is 5.77. The summed E-state index contributed by atoms with van der Waals surface area (Å²) in [6.45, 7) is 7.17. The van der Waals surface area contributed by atoms with Crippen LogP contribution in [0, 0.1) is 11.2 Å². The number of amides is 1. The number of aromatic carboxylic acids is 1. The smallest absolute Gasteiger partial charge is 0.335 e. The first-order valence-corrected chi connectivity index (χ1v) is 11.1. The van der Waals surface area contributed by atoms with Gasteiger partial charge in [-0.25, -0.2) is 19.2 Å². The van der Waals surface area contributed by atoms with E-state index in [0.29, 0.717) is 24.3 Å². The first kappa shape index (κ1) is 23.3. The van der Waals surface area contributed by atoms with Gasteiger partial charge in [0.2, 0.25) is 11.9 Å². The Balaban J connectivity index is 1.43. The molecule has 1 aliphatic heterocycles. The van der Waals surface area contributed by atoms with Gasteiger partial charge in [0.15, 0.2) is 5.82 Å². The van der Waals surface area contributed by atoms with Crippen molar-refractivity contribution in [2.24, 2.45) is 5.41 Å². The van der Waals surface area contributed by atoms with E-state index < -0.39 is 11.8 Å². The number of piperidine rings is 1. The minimum atomic E-state index is -1.06. The number of nitrogens with zero attached hydrogens (tertiary/aromatic N) is 5. The summed E-state index contributed by atoms with van der Waals surface area (Å²) < 4.78 is 16.2. The molecule has 9 nitrogen and oxygen atoms in total. The molecule has 0 spiro atoms. The van der Waals surface area contributed by atoms with Gasteiger partial charge in [-0.1, -0.05) is 32.9 Å². The molecule has 3 aromatic rings.